The molecule has 29 heavy (non-hydrogen) atoms. The summed E-state index contributed by atoms with van der Waals surface area (Å²) in [4.78, 5) is 0. The number of likely N-dealkylation sites (N-methyl/N-ethyl adjacent to an activating group) is 1. The maximum atomic E-state index is 6.07. The molecule has 0 bridgehead atoms. The largest absolute Gasteiger partial charge is 1.00 e. The van der Waals surface area contributed by atoms with Crippen LogP contribution < -0.4 is 28.7 Å². The Kier molecular flexibility index (Phi) is 9.68. The van der Waals surface area contributed by atoms with Gasteiger partial charge in [-0.25, -0.2) is 0 Å². The number of nitrogens with zero attached hydrogens (tertiary/aromatic N) is 1. The number of benzene rings is 3. The average molecular weight is 501 g/mol. The van der Waals surface area contributed by atoms with Crippen molar-refractivity contribution in [1.82, 2.24) is 0 Å². The molecule has 0 amide bonds. The minimum atomic E-state index is 0. The number of hydrogen-bond donors (Lipinski definition) is 0. The molecular formula is C26H32INO. The lowest BCUT2D eigenvalue weighted by Crippen LogP contribution is -3.00. The normalized spacial score (nSPS) is 11.0. The Morgan fingerprint density at radius 3 is 1.76 bits per heavy atom. The first-order valence-corrected chi connectivity index (χ1v) is 10.2. The summed E-state index contributed by atoms with van der Waals surface area (Å²) in [7, 11) is 2.37. The summed E-state index contributed by atoms with van der Waals surface area (Å²) in [5.74, 6) is 0.970. The summed E-state index contributed by atoms with van der Waals surface area (Å²) in [5, 5.41) is 0. The van der Waals surface area contributed by atoms with Crippen molar-refractivity contribution in [2.75, 3.05) is 33.3 Å². The van der Waals surface area contributed by atoms with Crippen molar-refractivity contribution in [2.24, 2.45) is 0 Å². The van der Waals surface area contributed by atoms with Gasteiger partial charge in [0.2, 0.25) is 0 Å². The summed E-state index contributed by atoms with van der Waals surface area (Å²) in [6, 6.07) is 29.9. The molecule has 0 aliphatic rings. The van der Waals surface area contributed by atoms with Crippen LogP contribution in [-0.2, 0) is 12.8 Å². The predicted molar refractivity (Wildman–Crippen MR) is 118 cm³/mol. The molecule has 3 aromatic rings. The molecule has 3 heteroatoms. The molecule has 0 radical (unpaired) electrons. The molecule has 2 nitrogen and oxygen atoms in total. The SMILES string of the molecule is Cc1cccc(OCC[N+](C)(CCc2ccccc2)CCc2ccccc2)c1.[I-]. The average Bonchev–Trinajstić information content (AvgIpc) is 2.73. The maximum absolute atomic E-state index is 6.07. The summed E-state index contributed by atoms with van der Waals surface area (Å²) >= 11 is 0. The van der Waals surface area contributed by atoms with Crippen LogP contribution in [0.2, 0.25) is 0 Å². The lowest BCUT2D eigenvalue weighted by Gasteiger charge is -2.35. The lowest BCUT2D eigenvalue weighted by molar-refractivity contribution is -0.909. The van der Waals surface area contributed by atoms with Crippen LogP contribution in [0.1, 0.15) is 16.7 Å². The van der Waals surface area contributed by atoms with Gasteiger partial charge in [0.1, 0.15) is 18.9 Å². The van der Waals surface area contributed by atoms with Crippen LogP contribution in [0.4, 0.5) is 0 Å². The molecular weight excluding hydrogens is 469 g/mol. The van der Waals surface area contributed by atoms with Crippen molar-refractivity contribution >= 4 is 0 Å². The Balaban J connectivity index is 0.00000300. The molecule has 0 aliphatic heterocycles. The summed E-state index contributed by atoms with van der Waals surface area (Å²) in [5.41, 5.74) is 4.06. The summed E-state index contributed by atoms with van der Waals surface area (Å²) < 4.78 is 7.08. The fraction of sp³-hybridized carbons (Fsp3) is 0.308. The second kappa shape index (κ2) is 12.0. The Hall–Kier alpha value is -1.85. The van der Waals surface area contributed by atoms with Crippen LogP contribution >= 0.6 is 0 Å². The van der Waals surface area contributed by atoms with E-state index in [4.69, 9.17) is 4.74 Å². The van der Waals surface area contributed by atoms with Gasteiger partial charge in [0, 0.05) is 12.8 Å². The first-order valence-electron chi connectivity index (χ1n) is 10.2. The molecule has 0 N–H and O–H groups in total. The third-order valence-corrected chi connectivity index (χ3v) is 5.46. The highest BCUT2D eigenvalue weighted by atomic mass is 127. The highest BCUT2D eigenvalue weighted by molar-refractivity contribution is 5.27. The second-order valence-electron chi connectivity index (χ2n) is 7.93. The molecule has 0 atom stereocenters. The van der Waals surface area contributed by atoms with Crippen molar-refractivity contribution in [3.8, 4) is 5.75 Å². The first kappa shape index (κ1) is 23.4. The van der Waals surface area contributed by atoms with Crippen molar-refractivity contribution in [2.45, 2.75) is 19.8 Å². The molecule has 0 spiro atoms. The molecule has 154 valence electrons. The number of rotatable bonds is 10. The zero-order valence-electron chi connectivity index (χ0n) is 17.6. The molecule has 0 saturated heterocycles. The van der Waals surface area contributed by atoms with Gasteiger partial charge in [-0.3, -0.25) is 0 Å². The zero-order chi connectivity index (χ0) is 19.7. The predicted octanol–water partition coefficient (Wildman–Crippen LogP) is 2.31. The highest BCUT2D eigenvalue weighted by Gasteiger charge is 2.21. The van der Waals surface area contributed by atoms with Gasteiger partial charge in [-0.15, -0.1) is 0 Å². The van der Waals surface area contributed by atoms with Crippen molar-refractivity contribution in [1.29, 1.82) is 0 Å². The second-order valence-corrected chi connectivity index (χ2v) is 7.93. The van der Waals surface area contributed by atoms with Crippen LogP contribution in [0.15, 0.2) is 84.9 Å². The molecule has 0 aliphatic carbocycles. The van der Waals surface area contributed by atoms with E-state index in [1.165, 1.54) is 16.7 Å². The minimum absolute atomic E-state index is 0. The van der Waals surface area contributed by atoms with E-state index in [1.54, 1.807) is 0 Å². The van der Waals surface area contributed by atoms with E-state index in [1.807, 2.05) is 6.07 Å². The fourth-order valence-corrected chi connectivity index (χ4v) is 3.51. The third kappa shape index (κ3) is 8.19. The Labute approximate surface area is 193 Å². The molecule has 3 aromatic carbocycles. The number of quaternary nitrogens is 1. The topological polar surface area (TPSA) is 9.23 Å². The van der Waals surface area contributed by atoms with Gasteiger partial charge in [0.25, 0.3) is 0 Å². The van der Waals surface area contributed by atoms with Crippen LogP contribution in [-0.4, -0.2) is 37.8 Å². The van der Waals surface area contributed by atoms with E-state index in [2.05, 4.69) is 92.8 Å². The Morgan fingerprint density at radius 2 is 1.24 bits per heavy atom. The van der Waals surface area contributed by atoms with E-state index in [0.29, 0.717) is 0 Å². The van der Waals surface area contributed by atoms with Gasteiger partial charge < -0.3 is 33.2 Å². The van der Waals surface area contributed by atoms with Crippen molar-refractivity contribution in [3.05, 3.63) is 102 Å². The van der Waals surface area contributed by atoms with Gasteiger partial charge in [-0.1, -0.05) is 72.8 Å². The van der Waals surface area contributed by atoms with Gasteiger partial charge in [-0.05, 0) is 35.7 Å². The Morgan fingerprint density at radius 1 is 0.690 bits per heavy atom. The van der Waals surface area contributed by atoms with Crippen LogP contribution in [0.3, 0.4) is 0 Å². The van der Waals surface area contributed by atoms with E-state index in [-0.39, 0.29) is 24.0 Å². The van der Waals surface area contributed by atoms with Gasteiger partial charge in [0.05, 0.1) is 20.1 Å². The number of halogens is 1. The fourth-order valence-electron chi connectivity index (χ4n) is 3.51. The standard InChI is InChI=1S/C26H32NO.HI/c1-23-10-9-15-26(22-23)28-21-20-27(2,18-16-24-11-5-3-6-12-24)19-17-25-13-7-4-8-14-25;/h3-15,22H,16-21H2,1-2H3;1H/q+1;/p-1. The molecule has 0 saturated carbocycles. The lowest BCUT2D eigenvalue weighted by atomic mass is 10.1. The first-order chi connectivity index (χ1) is 13.6. The van der Waals surface area contributed by atoms with Crippen molar-refractivity contribution < 1.29 is 33.2 Å². The molecule has 0 unspecified atom stereocenters. The molecule has 0 aromatic heterocycles. The number of hydrogen-bond acceptors (Lipinski definition) is 1. The van der Waals surface area contributed by atoms with Crippen LogP contribution in [0.5, 0.6) is 5.75 Å². The zero-order valence-corrected chi connectivity index (χ0v) is 19.7. The Bertz CT molecular complexity index is 792. The van der Waals surface area contributed by atoms with Gasteiger partial charge in [0.15, 0.2) is 0 Å². The number of aryl methyl sites for hydroxylation is 1. The van der Waals surface area contributed by atoms with E-state index in [0.717, 1.165) is 49.3 Å². The third-order valence-electron chi connectivity index (χ3n) is 5.46. The molecule has 3 rings (SSSR count). The van der Waals surface area contributed by atoms with Gasteiger partial charge >= 0.3 is 0 Å². The maximum Gasteiger partial charge on any atom is 0.137 e. The highest BCUT2D eigenvalue weighted by Crippen LogP contribution is 2.14. The van der Waals surface area contributed by atoms with E-state index < -0.39 is 0 Å². The minimum Gasteiger partial charge on any atom is -1.00 e. The molecule has 0 heterocycles. The smallest absolute Gasteiger partial charge is 0.137 e. The van der Waals surface area contributed by atoms with E-state index in [9.17, 15) is 0 Å². The van der Waals surface area contributed by atoms with Crippen LogP contribution in [0, 0.1) is 6.92 Å². The van der Waals surface area contributed by atoms with Gasteiger partial charge in [-0.2, -0.15) is 0 Å². The van der Waals surface area contributed by atoms with Crippen molar-refractivity contribution in [3.63, 3.8) is 0 Å². The monoisotopic (exact) mass is 501 g/mol. The summed E-state index contributed by atoms with van der Waals surface area (Å²) in [6.45, 7) is 6.09. The molecule has 0 fully saturated rings. The van der Waals surface area contributed by atoms with E-state index >= 15 is 0 Å². The summed E-state index contributed by atoms with van der Waals surface area (Å²) in [6.07, 6.45) is 2.19. The quantitative estimate of drug-likeness (QED) is 0.306. The number of ether oxygens (including phenoxy) is 1. The van der Waals surface area contributed by atoms with Crippen LogP contribution in [0.25, 0.3) is 0 Å².